The summed E-state index contributed by atoms with van der Waals surface area (Å²) in [5.41, 5.74) is 2.32. The van der Waals surface area contributed by atoms with Gasteiger partial charge in [-0.1, -0.05) is 41.3 Å². The molecule has 1 aliphatic rings. The maximum Gasteiger partial charge on any atom is 0.237 e. The van der Waals surface area contributed by atoms with E-state index in [4.69, 9.17) is 0 Å². The molecule has 0 radical (unpaired) electrons. The molecule has 0 saturated heterocycles. The van der Waals surface area contributed by atoms with Crippen LogP contribution in [0.15, 0.2) is 28.6 Å². The summed E-state index contributed by atoms with van der Waals surface area (Å²) in [5.74, 6) is 0.534. The summed E-state index contributed by atoms with van der Waals surface area (Å²) >= 11 is 2.95. The van der Waals surface area contributed by atoms with E-state index >= 15 is 0 Å². The second-order valence-corrected chi connectivity index (χ2v) is 7.17. The molecule has 116 valence electrons. The van der Waals surface area contributed by atoms with Crippen molar-refractivity contribution in [3.8, 4) is 0 Å². The summed E-state index contributed by atoms with van der Waals surface area (Å²) < 4.78 is 0.828. The van der Waals surface area contributed by atoms with E-state index in [1.54, 1.807) is 0 Å². The Hall–Kier alpha value is -1.60. The zero-order chi connectivity index (χ0) is 15.4. The average molecular weight is 334 g/mol. The smallest absolute Gasteiger partial charge is 0.237 e. The van der Waals surface area contributed by atoms with Crippen molar-refractivity contribution in [1.82, 2.24) is 10.2 Å². The number of para-hydroxylation sites is 1. The second-order valence-electron chi connectivity index (χ2n) is 4.97. The summed E-state index contributed by atoms with van der Waals surface area (Å²) in [7, 11) is 0. The second kappa shape index (κ2) is 7.11. The molecular formula is C15H18N4OS2. The van der Waals surface area contributed by atoms with E-state index in [0.717, 1.165) is 41.1 Å². The molecule has 0 bridgehead atoms. The van der Waals surface area contributed by atoms with Crippen molar-refractivity contribution >= 4 is 39.8 Å². The van der Waals surface area contributed by atoms with Gasteiger partial charge in [-0.2, -0.15) is 0 Å². The highest BCUT2D eigenvalue weighted by Crippen LogP contribution is 2.29. The monoisotopic (exact) mass is 334 g/mol. The summed E-state index contributed by atoms with van der Waals surface area (Å²) in [5, 5.41) is 12.1. The first kappa shape index (κ1) is 15.3. The zero-order valence-electron chi connectivity index (χ0n) is 12.4. The van der Waals surface area contributed by atoms with E-state index in [0.29, 0.717) is 5.75 Å². The van der Waals surface area contributed by atoms with E-state index in [1.165, 1.54) is 28.7 Å². The van der Waals surface area contributed by atoms with Gasteiger partial charge in [0.05, 0.1) is 5.75 Å². The van der Waals surface area contributed by atoms with E-state index in [2.05, 4.69) is 21.6 Å². The molecule has 0 unspecified atom stereocenters. The van der Waals surface area contributed by atoms with Gasteiger partial charge < -0.3 is 10.2 Å². The first-order chi connectivity index (χ1) is 10.8. The lowest BCUT2D eigenvalue weighted by Crippen LogP contribution is -2.36. The molecule has 1 aromatic heterocycles. The number of benzene rings is 1. The van der Waals surface area contributed by atoms with Crippen molar-refractivity contribution in [2.45, 2.75) is 24.1 Å². The van der Waals surface area contributed by atoms with Gasteiger partial charge in [0.15, 0.2) is 4.34 Å². The number of anilines is 2. The van der Waals surface area contributed by atoms with Crippen LogP contribution < -0.4 is 10.2 Å². The van der Waals surface area contributed by atoms with Crippen LogP contribution in [0.2, 0.25) is 0 Å². The van der Waals surface area contributed by atoms with Crippen LogP contribution >= 0.6 is 23.1 Å². The van der Waals surface area contributed by atoms with E-state index < -0.39 is 0 Å². The highest BCUT2D eigenvalue weighted by Gasteiger charge is 2.22. The van der Waals surface area contributed by atoms with Gasteiger partial charge in [-0.25, -0.2) is 0 Å². The lowest BCUT2D eigenvalue weighted by atomic mass is 10.0. The van der Waals surface area contributed by atoms with Gasteiger partial charge >= 0.3 is 0 Å². The van der Waals surface area contributed by atoms with Crippen LogP contribution in [-0.4, -0.2) is 34.9 Å². The van der Waals surface area contributed by atoms with Gasteiger partial charge in [-0.05, 0) is 31.4 Å². The molecular weight excluding hydrogens is 316 g/mol. The standard InChI is InChI=1S/C15H18N4OS2/c1-2-16-14-17-18-15(22-14)21-10-13(20)19-9-5-7-11-6-3-4-8-12(11)19/h3-4,6,8H,2,5,7,9-10H2,1H3,(H,16,17). The van der Waals surface area contributed by atoms with Crippen molar-refractivity contribution in [2.75, 3.05) is 29.1 Å². The van der Waals surface area contributed by atoms with Crippen molar-refractivity contribution < 1.29 is 4.79 Å². The molecule has 1 aliphatic heterocycles. The number of nitrogens with zero attached hydrogens (tertiary/aromatic N) is 3. The van der Waals surface area contributed by atoms with Crippen molar-refractivity contribution in [1.29, 1.82) is 0 Å². The number of hydrogen-bond donors (Lipinski definition) is 1. The zero-order valence-corrected chi connectivity index (χ0v) is 14.0. The Balaban J connectivity index is 1.63. The van der Waals surface area contributed by atoms with E-state index in [1.807, 2.05) is 30.0 Å². The molecule has 22 heavy (non-hydrogen) atoms. The predicted octanol–water partition coefficient (Wildman–Crippen LogP) is 3.04. The highest BCUT2D eigenvalue weighted by atomic mass is 32.2. The molecule has 1 N–H and O–H groups in total. The molecule has 0 aliphatic carbocycles. The first-order valence-electron chi connectivity index (χ1n) is 7.36. The Morgan fingerprint density at radius 1 is 1.41 bits per heavy atom. The average Bonchev–Trinajstić information content (AvgIpc) is 3.00. The van der Waals surface area contributed by atoms with Crippen molar-refractivity contribution in [3.63, 3.8) is 0 Å². The van der Waals surface area contributed by atoms with Crippen LogP contribution in [0, 0.1) is 0 Å². The van der Waals surface area contributed by atoms with Gasteiger partial charge in [-0.15, -0.1) is 10.2 Å². The topological polar surface area (TPSA) is 58.1 Å². The fraction of sp³-hybridized carbons (Fsp3) is 0.400. The number of amides is 1. The minimum absolute atomic E-state index is 0.136. The number of carbonyl (C=O) groups excluding carboxylic acids is 1. The highest BCUT2D eigenvalue weighted by molar-refractivity contribution is 8.01. The molecule has 1 amide bonds. The van der Waals surface area contributed by atoms with Crippen LogP contribution in [0.25, 0.3) is 0 Å². The predicted molar refractivity (Wildman–Crippen MR) is 91.9 cm³/mol. The lowest BCUT2D eigenvalue weighted by molar-refractivity contribution is -0.116. The Morgan fingerprint density at radius 2 is 2.27 bits per heavy atom. The van der Waals surface area contributed by atoms with Crippen LogP contribution in [0.5, 0.6) is 0 Å². The molecule has 5 nitrogen and oxygen atoms in total. The SMILES string of the molecule is CCNc1nnc(SCC(=O)N2CCCc3ccccc32)s1. The summed E-state index contributed by atoms with van der Waals surface area (Å²) in [6, 6.07) is 8.16. The Bertz CT molecular complexity index is 658. The van der Waals surface area contributed by atoms with Crippen molar-refractivity contribution in [2.24, 2.45) is 0 Å². The van der Waals surface area contributed by atoms with Crippen LogP contribution in [0.3, 0.4) is 0 Å². The summed E-state index contributed by atoms with van der Waals surface area (Å²) in [4.78, 5) is 14.4. The number of aryl methyl sites for hydroxylation is 1. The van der Waals surface area contributed by atoms with Crippen LogP contribution in [-0.2, 0) is 11.2 Å². The minimum atomic E-state index is 0.136. The van der Waals surface area contributed by atoms with Crippen LogP contribution in [0.4, 0.5) is 10.8 Å². The molecule has 0 spiro atoms. The van der Waals surface area contributed by atoms with Crippen molar-refractivity contribution in [3.05, 3.63) is 29.8 Å². The lowest BCUT2D eigenvalue weighted by Gasteiger charge is -2.29. The Kier molecular flexibility index (Phi) is 4.94. The maximum absolute atomic E-state index is 12.5. The largest absolute Gasteiger partial charge is 0.360 e. The number of rotatable bonds is 5. The summed E-state index contributed by atoms with van der Waals surface area (Å²) in [6.45, 7) is 3.64. The Morgan fingerprint density at radius 3 is 3.14 bits per heavy atom. The number of carbonyl (C=O) groups is 1. The third-order valence-electron chi connectivity index (χ3n) is 3.46. The summed E-state index contributed by atoms with van der Waals surface area (Å²) in [6.07, 6.45) is 2.08. The number of nitrogens with one attached hydrogen (secondary N) is 1. The normalized spacial score (nSPS) is 13.8. The van der Waals surface area contributed by atoms with Gasteiger partial charge in [0.2, 0.25) is 11.0 Å². The number of aromatic nitrogens is 2. The molecule has 0 saturated carbocycles. The first-order valence-corrected chi connectivity index (χ1v) is 9.16. The van der Waals surface area contributed by atoms with Gasteiger partial charge in [-0.3, -0.25) is 4.79 Å². The number of thioether (sulfide) groups is 1. The number of hydrogen-bond acceptors (Lipinski definition) is 6. The minimum Gasteiger partial charge on any atom is -0.360 e. The molecule has 0 fully saturated rings. The van der Waals surface area contributed by atoms with Gasteiger partial charge in [0, 0.05) is 18.8 Å². The van der Waals surface area contributed by atoms with Crippen LogP contribution in [0.1, 0.15) is 18.9 Å². The van der Waals surface area contributed by atoms with E-state index in [9.17, 15) is 4.79 Å². The fourth-order valence-corrected chi connectivity index (χ4v) is 4.18. The molecule has 3 rings (SSSR count). The Labute approximate surface area is 138 Å². The molecule has 0 atom stereocenters. The molecule has 7 heteroatoms. The molecule has 1 aromatic carbocycles. The fourth-order valence-electron chi connectivity index (χ4n) is 2.48. The molecule has 2 aromatic rings. The number of fused-ring (bicyclic) bond motifs is 1. The third-order valence-corrected chi connectivity index (χ3v) is 5.46. The molecule has 2 heterocycles. The van der Waals surface area contributed by atoms with Gasteiger partial charge in [0.25, 0.3) is 0 Å². The van der Waals surface area contributed by atoms with E-state index in [-0.39, 0.29) is 5.91 Å². The maximum atomic E-state index is 12.5. The van der Waals surface area contributed by atoms with Gasteiger partial charge in [0.1, 0.15) is 0 Å². The quantitative estimate of drug-likeness (QED) is 0.852. The third kappa shape index (κ3) is 3.41.